The number of benzene rings is 2. The van der Waals surface area contributed by atoms with E-state index in [0.29, 0.717) is 56.0 Å². The normalized spacial score (nSPS) is 12.3. The van der Waals surface area contributed by atoms with Gasteiger partial charge < -0.3 is 21.3 Å². The first-order valence-corrected chi connectivity index (χ1v) is 25.3. The first-order valence-electron chi connectivity index (χ1n) is 23.7. The van der Waals surface area contributed by atoms with Crippen molar-refractivity contribution in [3.05, 3.63) is 166 Å². The number of hydrogen-bond acceptors (Lipinski definition) is 18. The zero-order valence-electron chi connectivity index (χ0n) is 42.0. The number of aromatic nitrogens is 14. The van der Waals surface area contributed by atoms with Crippen LogP contribution in [-0.4, -0.2) is 96.4 Å². The minimum atomic E-state index is -0.669. The van der Waals surface area contributed by atoms with Gasteiger partial charge >= 0.3 is 0 Å². The zero-order chi connectivity index (χ0) is 54.8. The highest BCUT2D eigenvalue weighted by molar-refractivity contribution is 7.19. The number of nitrogen functional groups attached to an aromatic ring is 2. The van der Waals surface area contributed by atoms with Crippen molar-refractivity contribution < 1.29 is 17.6 Å². The molecule has 0 unspecified atom stereocenters. The van der Waals surface area contributed by atoms with Gasteiger partial charge in [0.15, 0.2) is 21.6 Å². The molecule has 0 spiro atoms. The van der Waals surface area contributed by atoms with Gasteiger partial charge in [0.1, 0.15) is 70.2 Å². The summed E-state index contributed by atoms with van der Waals surface area (Å²) >= 11 is 2.85. The largest absolute Gasteiger partial charge is 0.383 e. The minimum absolute atomic E-state index is 0.116. The Labute approximate surface area is 446 Å². The number of nitrogens with zero attached hydrogens (tertiary/aromatic N) is 16. The molecule has 392 valence electrons. The standard InChI is InChI=1S/2C26H21F2N9OS/c2*1-13(37-24-20(23(29)31-12-32-24)22(34-37)17-10-30-26(39-17)35(2)3)21-19(14-5-4-6-15(27)9-14)25(38)36-11-16(28)7-8-18(36)33-21/h2*4-13H,1-3H3,(H2,29,31,32)/t2*13-/m10/s1. The summed E-state index contributed by atoms with van der Waals surface area (Å²) in [6.45, 7) is 3.61. The van der Waals surface area contributed by atoms with Gasteiger partial charge in [0.05, 0.1) is 55.1 Å². The second-order valence-corrected chi connectivity index (χ2v) is 20.2. The fourth-order valence-corrected chi connectivity index (χ4v) is 10.6. The van der Waals surface area contributed by atoms with E-state index >= 15 is 0 Å². The summed E-state index contributed by atoms with van der Waals surface area (Å²) in [5, 5.41) is 12.3. The van der Waals surface area contributed by atoms with Crippen LogP contribution in [0.2, 0.25) is 0 Å². The molecule has 0 aliphatic rings. The first-order chi connectivity index (χ1) is 37.4. The van der Waals surface area contributed by atoms with Gasteiger partial charge in [-0.1, -0.05) is 46.9 Å². The smallest absolute Gasteiger partial charge is 0.266 e. The van der Waals surface area contributed by atoms with Crippen LogP contribution in [0.15, 0.2) is 120 Å². The fourth-order valence-electron chi connectivity index (χ4n) is 8.97. The second-order valence-electron chi connectivity index (χ2n) is 18.2. The lowest BCUT2D eigenvalue weighted by Crippen LogP contribution is -2.23. The third-order valence-electron chi connectivity index (χ3n) is 12.6. The van der Waals surface area contributed by atoms with Crippen molar-refractivity contribution in [1.82, 2.24) is 68.2 Å². The monoisotopic (exact) mass is 1090 g/mol. The van der Waals surface area contributed by atoms with E-state index in [4.69, 9.17) is 31.6 Å². The molecule has 10 aromatic heterocycles. The van der Waals surface area contributed by atoms with Crippen LogP contribution in [0.3, 0.4) is 0 Å². The average Bonchev–Trinajstić information content (AvgIpc) is 4.28. The minimum Gasteiger partial charge on any atom is -0.383 e. The molecule has 0 bridgehead atoms. The van der Waals surface area contributed by atoms with Crippen LogP contribution in [0.25, 0.3) is 76.8 Å². The van der Waals surface area contributed by atoms with Crippen molar-refractivity contribution in [1.29, 1.82) is 0 Å². The van der Waals surface area contributed by atoms with Gasteiger partial charge in [-0.25, -0.2) is 66.8 Å². The predicted molar refractivity (Wildman–Crippen MR) is 292 cm³/mol. The molecule has 2 aromatic carbocycles. The highest BCUT2D eigenvalue weighted by atomic mass is 32.1. The second kappa shape index (κ2) is 19.9. The van der Waals surface area contributed by atoms with Crippen LogP contribution in [0.4, 0.5) is 39.5 Å². The highest BCUT2D eigenvalue weighted by Crippen LogP contribution is 2.40. The van der Waals surface area contributed by atoms with Crippen molar-refractivity contribution in [2.45, 2.75) is 25.9 Å². The number of thiazole rings is 2. The van der Waals surface area contributed by atoms with Crippen molar-refractivity contribution in [3.8, 4) is 43.4 Å². The molecule has 10 heterocycles. The van der Waals surface area contributed by atoms with E-state index in [2.05, 4.69) is 29.9 Å². The van der Waals surface area contributed by atoms with Gasteiger partial charge in [0, 0.05) is 53.0 Å². The Morgan fingerprint density at radius 1 is 0.538 bits per heavy atom. The van der Waals surface area contributed by atoms with E-state index in [1.54, 1.807) is 47.7 Å². The third kappa shape index (κ3) is 8.94. The van der Waals surface area contributed by atoms with E-state index in [0.717, 1.165) is 41.2 Å². The van der Waals surface area contributed by atoms with Crippen LogP contribution in [-0.2, 0) is 0 Å². The summed E-state index contributed by atoms with van der Waals surface area (Å²) in [5.74, 6) is -1.78. The molecule has 20 nitrogen and oxygen atoms in total. The third-order valence-corrected chi connectivity index (χ3v) is 15.0. The van der Waals surface area contributed by atoms with E-state index < -0.39 is 46.5 Å². The number of fused-ring (bicyclic) bond motifs is 4. The highest BCUT2D eigenvalue weighted by Gasteiger charge is 2.29. The Balaban J connectivity index is 0.000000165. The van der Waals surface area contributed by atoms with Crippen molar-refractivity contribution in [2.24, 2.45) is 0 Å². The summed E-state index contributed by atoms with van der Waals surface area (Å²) in [5.41, 5.74) is 15.3. The van der Waals surface area contributed by atoms with Gasteiger partial charge in [0.25, 0.3) is 11.1 Å². The maximum atomic E-state index is 14.3. The summed E-state index contributed by atoms with van der Waals surface area (Å²) in [6.07, 6.45) is 8.20. The number of pyridine rings is 2. The Kier molecular flexibility index (Phi) is 12.9. The van der Waals surface area contributed by atoms with Gasteiger partial charge in [-0.15, -0.1) is 0 Å². The molecule has 0 fully saturated rings. The summed E-state index contributed by atoms with van der Waals surface area (Å²) in [7, 11) is 7.57. The number of rotatable bonds is 10. The molecular formula is C52H42F4N18O2S2. The number of anilines is 4. The summed E-state index contributed by atoms with van der Waals surface area (Å²) in [6, 6.07) is 15.2. The summed E-state index contributed by atoms with van der Waals surface area (Å²) < 4.78 is 62.1. The lowest BCUT2D eigenvalue weighted by atomic mass is 10.0. The zero-order valence-corrected chi connectivity index (χ0v) is 43.6. The molecule has 12 rings (SSSR count). The van der Waals surface area contributed by atoms with Crippen LogP contribution >= 0.6 is 22.7 Å². The molecule has 4 N–H and O–H groups in total. The van der Waals surface area contributed by atoms with E-state index in [9.17, 15) is 27.2 Å². The molecule has 0 amide bonds. The first kappa shape index (κ1) is 50.6. The van der Waals surface area contributed by atoms with Gasteiger partial charge in [-0.2, -0.15) is 10.2 Å². The van der Waals surface area contributed by atoms with Gasteiger partial charge in [0.2, 0.25) is 0 Å². The molecule has 26 heteroatoms. The molecule has 0 saturated carbocycles. The molecule has 0 aliphatic heterocycles. The Morgan fingerprint density at radius 3 is 1.32 bits per heavy atom. The number of nitrogens with two attached hydrogens (primary N) is 2. The van der Waals surface area contributed by atoms with Gasteiger partial charge in [-0.3, -0.25) is 18.4 Å². The predicted octanol–water partition coefficient (Wildman–Crippen LogP) is 8.32. The number of hydrogen-bond donors (Lipinski definition) is 2. The molecule has 0 saturated heterocycles. The van der Waals surface area contributed by atoms with E-state index in [1.807, 2.05) is 38.0 Å². The van der Waals surface area contributed by atoms with Crippen LogP contribution in [0, 0.1) is 23.3 Å². The molecule has 0 aliphatic carbocycles. The molecule has 0 radical (unpaired) electrons. The van der Waals surface area contributed by atoms with Crippen molar-refractivity contribution in [3.63, 3.8) is 0 Å². The lowest BCUT2D eigenvalue weighted by molar-refractivity contribution is 0.566. The quantitative estimate of drug-likeness (QED) is 0.122. The number of halogens is 4. The molecular weight excluding hydrogens is 1050 g/mol. The Hall–Kier alpha value is -9.56. The maximum absolute atomic E-state index is 14.3. The Bertz CT molecular complexity index is 4170. The SMILES string of the molecule is C[C@@H](c1nc2ccc(F)cn2c(=O)c1-c1cccc(F)c1)n1nc(-c2cnc(N(C)C)s2)c2c(N)ncnc21.C[C@H](c1nc2ccc(F)cn2c(=O)c1-c1cccc(F)c1)n1nc(-c2cnc(N(C)C)s2)c2c(N)ncnc21. The average molecular weight is 1090 g/mol. The molecule has 12 aromatic rings. The van der Waals surface area contributed by atoms with Crippen molar-refractivity contribution in [2.75, 3.05) is 49.5 Å². The van der Waals surface area contributed by atoms with Gasteiger partial charge in [-0.05, 0) is 73.5 Å². The fraction of sp³-hybridized carbons (Fsp3) is 0.154. The molecule has 78 heavy (non-hydrogen) atoms. The molecule has 2 atom stereocenters. The Morgan fingerprint density at radius 2 is 0.949 bits per heavy atom. The topological polar surface area (TPSA) is 240 Å². The van der Waals surface area contributed by atoms with E-state index in [-0.39, 0.29) is 34.1 Å². The van der Waals surface area contributed by atoms with Crippen molar-refractivity contribution >= 4 is 77.9 Å². The summed E-state index contributed by atoms with van der Waals surface area (Å²) in [4.78, 5) is 68.2. The maximum Gasteiger partial charge on any atom is 0.266 e. The van der Waals surface area contributed by atoms with Crippen LogP contribution in [0.5, 0.6) is 0 Å². The van der Waals surface area contributed by atoms with Crippen LogP contribution < -0.4 is 32.4 Å². The van der Waals surface area contributed by atoms with E-state index in [1.165, 1.54) is 96.0 Å². The van der Waals surface area contributed by atoms with Crippen LogP contribution in [0.1, 0.15) is 37.3 Å². The lowest BCUT2D eigenvalue weighted by Gasteiger charge is -2.18.